The van der Waals surface area contributed by atoms with E-state index in [4.69, 9.17) is 33.9 Å². The largest absolute Gasteiger partial charge is 0.609 e. The number of amides is 1. The Balaban J connectivity index is 1.20. The van der Waals surface area contributed by atoms with E-state index in [0.29, 0.717) is 42.4 Å². The van der Waals surface area contributed by atoms with Gasteiger partial charge in [-0.3, -0.25) is 4.90 Å². The summed E-state index contributed by atoms with van der Waals surface area (Å²) < 4.78 is 54.9. The van der Waals surface area contributed by atoms with E-state index in [1.54, 1.807) is 14.2 Å². The first-order valence-corrected chi connectivity index (χ1v) is 23.2. The number of benzene rings is 2. The van der Waals surface area contributed by atoms with E-state index in [1.807, 2.05) is 81.1 Å². The molecular formula is C48H56FN7O6S. The van der Waals surface area contributed by atoms with Crippen molar-refractivity contribution in [3.05, 3.63) is 82.7 Å². The van der Waals surface area contributed by atoms with Gasteiger partial charge in [-0.2, -0.15) is 9.97 Å². The predicted molar refractivity (Wildman–Crippen MR) is 241 cm³/mol. The summed E-state index contributed by atoms with van der Waals surface area (Å²) in [4.78, 5) is 39.9. The quantitative estimate of drug-likeness (QED) is 0.0980. The Labute approximate surface area is 371 Å². The molecule has 2 unspecified atom stereocenters. The lowest BCUT2D eigenvalue weighted by Gasteiger charge is -2.48. The third kappa shape index (κ3) is 7.96. The van der Waals surface area contributed by atoms with Crippen molar-refractivity contribution >= 4 is 39.8 Å². The first kappa shape index (κ1) is 42.9. The predicted octanol–water partition coefficient (Wildman–Crippen LogP) is 8.75. The van der Waals surface area contributed by atoms with E-state index in [9.17, 15) is 9.35 Å². The van der Waals surface area contributed by atoms with E-state index < -0.39 is 28.7 Å². The van der Waals surface area contributed by atoms with Crippen LogP contribution < -0.4 is 24.0 Å². The van der Waals surface area contributed by atoms with Crippen LogP contribution in [0.1, 0.15) is 89.0 Å². The molecular weight excluding hydrogens is 822 g/mol. The van der Waals surface area contributed by atoms with Crippen LogP contribution >= 0.6 is 0 Å². The third-order valence-corrected chi connectivity index (χ3v) is 13.8. The molecule has 2 saturated heterocycles. The van der Waals surface area contributed by atoms with Crippen molar-refractivity contribution < 1.29 is 32.7 Å². The first-order valence-electron chi connectivity index (χ1n) is 21.7. The molecule has 6 atom stereocenters. The summed E-state index contributed by atoms with van der Waals surface area (Å²) in [5, 5.41) is 0.313. The van der Waals surface area contributed by atoms with Gasteiger partial charge in [-0.1, -0.05) is 38.1 Å². The Morgan fingerprint density at radius 3 is 2.14 bits per heavy atom. The van der Waals surface area contributed by atoms with E-state index in [2.05, 4.69) is 41.6 Å². The second kappa shape index (κ2) is 16.0. The number of nitrogens with zero attached hydrogens (tertiary/aromatic N) is 7. The maximum absolute atomic E-state index is 17.9. The van der Waals surface area contributed by atoms with Gasteiger partial charge in [-0.25, -0.2) is 19.2 Å². The second-order valence-electron chi connectivity index (χ2n) is 19.1. The van der Waals surface area contributed by atoms with Gasteiger partial charge in [0.15, 0.2) is 11.6 Å². The third-order valence-electron chi connectivity index (χ3n) is 13.1. The minimum atomic E-state index is -1.66. The van der Waals surface area contributed by atoms with Crippen LogP contribution in [0.25, 0.3) is 22.3 Å². The number of pyridine rings is 2. The van der Waals surface area contributed by atoms with Gasteiger partial charge in [0, 0.05) is 30.8 Å². The number of ether oxygens (including phenoxy) is 4. The van der Waals surface area contributed by atoms with Gasteiger partial charge < -0.3 is 33.3 Å². The number of anilines is 2. The molecule has 1 amide bonds. The van der Waals surface area contributed by atoms with Crippen LogP contribution in [0.4, 0.5) is 20.8 Å². The fourth-order valence-electron chi connectivity index (χ4n) is 9.83. The highest BCUT2D eigenvalue weighted by Crippen LogP contribution is 2.61. The maximum Gasteiger partial charge on any atom is 0.410 e. The van der Waals surface area contributed by atoms with E-state index in [0.717, 1.165) is 53.0 Å². The standard InChI is InChI=1S/C48H56FN7O6S/c1-26-21-35(54(23-28-11-16-31(59-8)17-12-28)24-29-13-18-32(60-9)19-14-29)50-40(36(26)33-22-48(33,6)7)41-38(49)39-37-43(53-45(52-39)63(10)58)55-25-30-15-20-34(42(55)27(2)61-44(37)51-41)56(30)46(57)62-47(3,4)5/h11-14,16-19,21,27,30,33-34,42H,15,20,22-25H2,1-10H3/t27-,30+,33?,34-,42+,63?/m0/s1. The van der Waals surface area contributed by atoms with E-state index >= 15 is 4.39 Å². The molecule has 3 aromatic heterocycles. The number of piperazine rings is 1. The highest BCUT2D eigenvalue weighted by molar-refractivity contribution is 7.90. The average Bonchev–Trinajstić information content (AvgIpc) is 3.79. The molecule has 332 valence electrons. The average molecular weight is 878 g/mol. The molecule has 0 spiro atoms. The summed E-state index contributed by atoms with van der Waals surface area (Å²) >= 11 is -1.66. The highest BCUT2D eigenvalue weighted by Gasteiger charge is 2.54. The number of carbonyl (C=O) groups excluding carboxylic acids is 1. The van der Waals surface area contributed by atoms with Crippen LogP contribution in [0, 0.1) is 18.2 Å². The number of fused-ring (bicyclic) bond motifs is 5. The van der Waals surface area contributed by atoms with Crippen LogP contribution in [0.5, 0.6) is 17.4 Å². The lowest BCUT2D eigenvalue weighted by atomic mass is 9.95. The molecule has 9 rings (SSSR count). The van der Waals surface area contributed by atoms with Crippen molar-refractivity contribution in [2.45, 2.75) is 122 Å². The van der Waals surface area contributed by atoms with Crippen molar-refractivity contribution in [2.75, 3.05) is 36.8 Å². The lowest BCUT2D eigenvalue weighted by Crippen LogP contribution is -2.65. The number of hydrogen-bond acceptors (Lipinski definition) is 12. The molecule has 3 aliphatic heterocycles. The van der Waals surface area contributed by atoms with Crippen molar-refractivity contribution in [2.24, 2.45) is 5.41 Å². The monoisotopic (exact) mass is 877 g/mol. The fourth-order valence-corrected chi connectivity index (χ4v) is 10.3. The smallest absolute Gasteiger partial charge is 0.410 e. The van der Waals surface area contributed by atoms with Crippen molar-refractivity contribution in [3.63, 3.8) is 0 Å². The number of methoxy groups -OCH3 is 2. The Morgan fingerprint density at radius 2 is 1.59 bits per heavy atom. The number of rotatable bonds is 10. The molecule has 6 heterocycles. The van der Waals surface area contributed by atoms with Crippen molar-refractivity contribution in [1.29, 1.82) is 0 Å². The molecule has 2 bridgehead atoms. The SMILES string of the molecule is COc1ccc(CN(Cc2ccc(OC)cc2)c2cc(C)c(C3CC3(C)C)c(-c3nc4c5c(nc([S+](C)[O-])nc5c3F)N3C[C@H]5CC[C@@H]([C@H]3[C@H](C)O4)N5C(=O)OC(C)(C)C)n2)cc1. The van der Waals surface area contributed by atoms with Crippen LogP contribution in [0.2, 0.25) is 0 Å². The van der Waals surface area contributed by atoms with Gasteiger partial charge in [-0.05, 0) is 118 Å². The molecule has 0 radical (unpaired) electrons. The molecule has 13 nitrogen and oxygen atoms in total. The fraction of sp³-hybridized carbons (Fsp3) is 0.479. The van der Waals surface area contributed by atoms with Crippen LogP contribution in [0.15, 0.2) is 59.8 Å². The zero-order valence-corrected chi connectivity index (χ0v) is 38.5. The topological polar surface area (TPSA) is 138 Å². The summed E-state index contributed by atoms with van der Waals surface area (Å²) in [5.41, 5.74) is 3.65. The van der Waals surface area contributed by atoms with Crippen molar-refractivity contribution in [3.8, 4) is 28.8 Å². The number of aromatic nitrogens is 4. The lowest BCUT2D eigenvalue weighted by molar-refractivity contribution is 0.000946. The van der Waals surface area contributed by atoms with E-state index in [-0.39, 0.29) is 57.8 Å². The first-order chi connectivity index (χ1) is 29.9. The number of halogens is 1. The molecule has 3 fully saturated rings. The number of hydrogen-bond donors (Lipinski definition) is 0. The summed E-state index contributed by atoms with van der Waals surface area (Å²) in [7, 11) is 3.29. The van der Waals surface area contributed by atoms with Crippen LogP contribution in [-0.4, -0.2) is 92.3 Å². The Morgan fingerprint density at radius 1 is 0.968 bits per heavy atom. The molecule has 4 aliphatic rings. The van der Waals surface area contributed by atoms with Gasteiger partial charge in [-0.15, -0.1) is 0 Å². The maximum atomic E-state index is 17.9. The highest BCUT2D eigenvalue weighted by atomic mass is 32.2. The van der Waals surface area contributed by atoms with Gasteiger partial charge in [0.25, 0.3) is 0 Å². The Kier molecular flexibility index (Phi) is 10.9. The van der Waals surface area contributed by atoms with Crippen LogP contribution in [-0.2, 0) is 29.0 Å². The summed E-state index contributed by atoms with van der Waals surface area (Å²) in [5.74, 6) is 2.15. The Bertz CT molecular complexity index is 2520. The zero-order chi connectivity index (χ0) is 44.7. The molecule has 2 aromatic carbocycles. The normalized spacial score (nSPS) is 22.5. The molecule has 0 N–H and O–H groups in total. The molecule has 1 saturated carbocycles. The summed E-state index contributed by atoms with van der Waals surface area (Å²) in [6, 6.07) is 17.1. The zero-order valence-electron chi connectivity index (χ0n) is 37.7. The van der Waals surface area contributed by atoms with Gasteiger partial charge in [0.2, 0.25) is 5.88 Å². The Hall–Kier alpha value is -5.41. The molecule has 1 aliphatic carbocycles. The van der Waals surface area contributed by atoms with Gasteiger partial charge in [0.1, 0.15) is 51.9 Å². The van der Waals surface area contributed by atoms with E-state index in [1.165, 1.54) is 6.26 Å². The molecule has 5 aromatic rings. The summed E-state index contributed by atoms with van der Waals surface area (Å²) in [6.07, 6.45) is 2.99. The van der Waals surface area contributed by atoms with Crippen LogP contribution in [0.3, 0.4) is 0 Å². The van der Waals surface area contributed by atoms with Gasteiger partial charge >= 0.3 is 11.2 Å². The second-order valence-corrected chi connectivity index (χ2v) is 20.4. The molecule has 15 heteroatoms. The number of carbonyl (C=O) groups is 1. The minimum Gasteiger partial charge on any atom is -0.609 e. The number of aryl methyl sites for hydroxylation is 1. The summed E-state index contributed by atoms with van der Waals surface area (Å²) in [6.45, 7) is 15.4. The minimum absolute atomic E-state index is 0.00122. The van der Waals surface area contributed by atoms with Crippen molar-refractivity contribution in [1.82, 2.24) is 24.8 Å². The van der Waals surface area contributed by atoms with Gasteiger partial charge in [0.05, 0.1) is 38.0 Å². The molecule has 63 heavy (non-hydrogen) atoms.